The molecular weight excluding hydrogens is 448 g/mol. The molecule has 0 saturated heterocycles. The Hall–Kier alpha value is -3.50. The third-order valence-electron chi connectivity index (χ3n) is 6.11. The lowest BCUT2D eigenvalue weighted by molar-refractivity contribution is 0.0910. The minimum atomic E-state index is -0.179. The summed E-state index contributed by atoms with van der Waals surface area (Å²) in [6.45, 7) is 4.40. The van der Waals surface area contributed by atoms with E-state index in [9.17, 15) is 10.1 Å². The van der Waals surface area contributed by atoms with Gasteiger partial charge in [0.05, 0.1) is 18.4 Å². The largest absolute Gasteiger partial charge is 0.497 e. The molecule has 5 rings (SSSR count). The molecule has 0 radical (unpaired) electrons. The van der Waals surface area contributed by atoms with Crippen molar-refractivity contribution in [2.45, 2.75) is 37.5 Å². The Balaban J connectivity index is 1.60. The summed E-state index contributed by atoms with van der Waals surface area (Å²) >= 11 is 1.49. The molecular formula is C27H24N2O4S. The van der Waals surface area contributed by atoms with Crippen molar-refractivity contribution in [3.05, 3.63) is 64.8 Å². The van der Waals surface area contributed by atoms with Gasteiger partial charge in [0, 0.05) is 23.3 Å². The Morgan fingerprint density at radius 2 is 1.85 bits per heavy atom. The number of carbonyl (C=O) groups excluding carboxylic acids is 1. The molecule has 0 spiro atoms. The van der Waals surface area contributed by atoms with Crippen LogP contribution in [-0.4, -0.2) is 24.7 Å². The molecule has 0 fully saturated rings. The topological polar surface area (TPSA) is 81.4 Å². The lowest BCUT2D eigenvalue weighted by Crippen LogP contribution is -2.29. The Morgan fingerprint density at radius 3 is 2.59 bits per heavy atom. The first-order valence-electron chi connectivity index (χ1n) is 11.0. The van der Waals surface area contributed by atoms with Crippen LogP contribution in [0.3, 0.4) is 0 Å². The third-order valence-corrected chi connectivity index (χ3v) is 7.15. The van der Waals surface area contributed by atoms with Crippen LogP contribution in [0.5, 0.6) is 17.2 Å². The number of rotatable bonds is 5. The van der Waals surface area contributed by atoms with Crippen LogP contribution in [0.15, 0.2) is 47.5 Å². The number of thioether (sulfide) groups is 1. The molecule has 1 aliphatic heterocycles. The van der Waals surface area contributed by atoms with Gasteiger partial charge in [0.1, 0.15) is 16.8 Å². The fraction of sp³-hybridized carbons (Fsp3) is 0.296. The van der Waals surface area contributed by atoms with Gasteiger partial charge in [-0.2, -0.15) is 5.26 Å². The zero-order chi connectivity index (χ0) is 23.9. The number of nitrogens with zero attached hydrogens (tertiary/aromatic N) is 2. The molecule has 1 aromatic heterocycles. The minimum absolute atomic E-state index is 0.0355. The summed E-state index contributed by atoms with van der Waals surface area (Å²) < 4.78 is 16.2. The first-order chi connectivity index (χ1) is 16.4. The predicted molar refractivity (Wildman–Crippen MR) is 129 cm³/mol. The first-order valence-corrected chi connectivity index (χ1v) is 12.0. The molecule has 0 amide bonds. The van der Waals surface area contributed by atoms with E-state index in [2.05, 4.69) is 19.9 Å². The highest BCUT2D eigenvalue weighted by molar-refractivity contribution is 7.98. The van der Waals surface area contributed by atoms with Crippen LogP contribution in [0.25, 0.3) is 11.1 Å². The highest BCUT2D eigenvalue weighted by atomic mass is 32.2. The molecule has 34 heavy (non-hydrogen) atoms. The second-order valence-corrected chi connectivity index (χ2v) is 10.2. The molecule has 3 aromatic rings. The van der Waals surface area contributed by atoms with Gasteiger partial charge in [-0.05, 0) is 47.2 Å². The average molecular weight is 473 g/mol. The van der Waals surface area contributed by atoms with Crippen molar-refractivity contribution >= 4 is 17.5 Å². The van der Waals surface area contributed by atoms with Gasteiger partial charge in [0.25, 0.3) is 0 Å². The predicted octanol–water partition coefficient (Wildman–Crippen LogP) is 5.80. The smallest absolute Gasteiger partial charge is 0.231 e. The fourth-order valence-corrected chi connectivity index (χ4v) is 5.46. The van der Waals surface area contributed by atoms with Crippen LogP contribution in [-0.2, 0) is 12.2 Å². The van der Waals surface area contributed by atoms with E-state index in [0.29, 0.717) is 40.3 Å². The second-order valence-electron chi connectivity index (χ2n) is 9.25. The van der Waals surface area contributed by atoms with Crippen molar-refractivity contribution in [3.63, 3.8) is 0 Å². The van der Waals surface area contributed by atoms with Crippen molar-refractivity contribution < 1.29 is 19.0 Å². The van der Waals surface area contributed by atoms with Crippen LogP contribution < -0.4 is 14.2 Å². The first kappa shape index (κ1) is 22.3. The summed E-state index contributed by atoms with van der Waals surface area (Å²) in [6, 6.07) is 15.7. The fourth-order valence-electron chi connectivity index (χ4n) is 4.51. The van der Waals surface area contributed by atoms with Gasteiger partial charge in [-0.15, -0.1) is 11.8 Å². The molecule has 6 nitrogen and oxygen atoms in total. The number of pyridine rings is 1. The Morgan fingerprint density at radius 1 is 1.09 bits per heavy atom. The summed E-state index contributed by atoms with van der Waals surface area (Å²) in [5, 5.41) is 10.8. The zero-order valence-electron chi connectivity index (χ0n) is 19.3. The maximum Gasteiger partial charge on any atom is 0.231 e. The number of benzene rings is 2. The number of carbonyl (C=O) groups is 1. The number of fused-ring (bicyclic) bond motifs is 2. The van der Waals surface area contributed by atoms with Crippen molar-refractivity contribution in [1.82, 2.24) is 4.98 Å². The number of methoxy groups -OCH3 is 1. The molecule has 0 saturated carbocycles. The lowest BCUT2D eigenvalue weighted by Gasteiger charge is -2.31. The van der Waals surface area contributed by atoms with Crippen molar-refractivity contribution in [1.29, 1.82) is 5.26 Å². The summed E-state index contributed by atoms with van der Waals surface area (Å²) in [5.41, 5.74) is 4.12. The molecule has 2 heterocycles. The molecule has 0 bridgehead atoms. The number of Topliss-reactive ketones (excluding diaryl/α,β-unsaturated/α-hetero) is 1. The molecule has 2 aromatic carbocycles. The van der Waals surface area contributed by atoms with Gasteiger partial charge >= 0.3 is 0 Å². The van der Waals surface area contributed by atoms with Crippen molar-refractivity contribution in [2.24, 2.45) is 5.41 Å². The quantitative estimate of drug-likeness (QED) is 0.434. The number of hydrogen-bond acceptors (Lipinski definition) is 7. The van der Waals surface area contributed by atoms with E-state index in [4.69, 9.17) is 19.2 Å². The average Bonchev–Trinajstić information content (AvgIpc) is 3.29. The van der Waals surface area contributed by atoms with E-state index < -0.39 is 0 Å². The summed E-state index contributed by atoms with van der Waals surface area (Å²) in [5.74, 6) is 2.82. The molecule has 172 valence electrons. The van der Waals surface area contributed by atoms with E-state index in [0.717, 1.165) is 34.1 Å². The summed E-state index contributed by atoms with van der Waals surface area (Å²) in [7, 11) is 1.61. The van der Waals surface area contributed by atoms with E-state index >= 15 is 0 Å². The normalized spacial score (nSPS) is 15.5. The van der Waals surface area contributed by atoms with Crippen molar-refractivity contribution in [3.8, 4) is 34.4 Å². The van der Waals surface area contributed by atoms with E-state index in [1.165, 1.54) is 11.8 Å². The number of ketones is 1. The molecule has 7 heteroatoms. The van der Waals surface area contributed by atoms with Crippen LogP contribution in [0.1, 0.15) is 47.4 Å². The Labute approximate surface area is 202 Å². The molecule has 1 aliphatic carbocycles. The third kappa shape index (κ3) is 4.10. The zero-order valence-corrected chi connectivity index (χ0v) is 20.1. The lowest BCUT2D eigenvalue weighted by atomic mass is 9.73. The number of ether oxygens (including phenoxy) is 3. The maximum atomic E-state index is 13.3. The molecule has 2 aliphatic rings. The Bertz CT molecular complexity index is 1330. The Kier molecular flexibility index (Phi) is 5.70. The van der Waals surface area contributed by atoms with Gasteiger partial charge in [-0.25, -0.2) is 4.98 Å². The highest BCUT2D eigenvalue weighted by Crippen LogP contribution is 2.43. The van der Waals surface area contributed by atoms with Gasteiger partial charge < -0.3 is 14.2 Å². The maximum absolute atomic E-state index is 13.3. The second kappa shape index (κ2) is 8.69. The number of nitriles is 1. The summed E-state index contributed by atoms with van der Waals surface area (Å²) in [4.78, 5) is 18.2. The summed E-state index contributed by atoms with van der Waals surface area (Å²) in [6.07, 6.45) is 1.11. The van der Waals surface area contributed by atoms with Gasteiger partial charge in [0.15, 0.2) is 17.3 Å². The van der Waals surface area contributed by atoms with E-state index in [1.54, 1.807) is 7.11 Å². The molecule has 0 atom stereocenters. The molecule has 0 N–H and O–H groups in total. The van der Waals surface area contributed by atoms with Crippen LogP contribution in [0.4, 0.5) is 0 Å². The van der Waals surface area contributed by atoms with Crippen LogP contribution in [0, 0.1) is 16.7 Å². The van der Waals surface area contributed by atoms with Gasteiger partial charge in [-0.1, -0.05) is 32.0 Å². The van der Waals surface area contributed by atoms with E-state index in [-0.39, 0.29) is 18.0 Å². The van der Waals surface area contributed by atoms with Gasteiger partial charge in [-0.3, -0.25) is 4.79 Å². The van der Waals surface area contributed by atoms with Crippen molar-refractivity contribution in [2.75, 3.05) is 13.9 Å². The number of hydrogen-bond donors (Lipinski definition) is 0. The highest BCUT2D eigenvalue weighted by Gasteiger charge is 2.36. The minimum Gasteiger partial charge on any atom is -0.497 e. The monoisotopic (exact) mass is 472 g/mol. The van der Waals surface area contributed by atoms with Crippen LogP contribution >= 0.6 is 11.8 Å². The number of aromatic nitrogens is 1. The van der Waals surface area contributed by atoms with E-state index in [1.807, 2.05) is 42.5 Å². The molecule has 0 unspecified atom stereocenters. The standard InChI is InChI=1S/C27H24N2O4S/c1-27(2)11-20-25(21(30)12-27)24(17-5-7-18(31-3)8-6-17)19(13-28)26(29-20)34-14-16-4-9-22-23(10-16)33-15-32-22/h4-10H,11-12,14-15H2,1-3H3. The SMILES string of the molecule is COc1ccc(-c2c(C#N)c(SCc3ccc4c(c3)OCO4)nc3c2C(=O)CC(C)(C)C3)cc1. The van der Waals surface area contributed by atoms with Gasteiger partial charge in [0.2, 0.25) is 6.79 Å². The van der Waals surface area contributed by atoms with Crippen LogP contribution in [0.2, 0.25) is 0 Å².